The van der Waals surface area contributed by atoms with Gasteiger partial charge in [-0.25, -0.2) is 4.98 Å². The number of hydrogen-bond acceptors (Lipinski definition) is 5. The molecule has 2 rings (SSSR count). The number of ether oxygens (including phenoxy) is 1. The Hall–Kier alpha value is -1.14. The van der Waals surface area contributed by atoms with Crippen molar-refractivity contribution >= 4 is 22.4 Å². The molecule has 0 unspecified atom stereocenters. The maximum Gasteiger partial charge on any atom is 0.303 e. The molecule has 2 heterocycles. The summed E-state index contributed by atoms with van der Waals surface area (Å²) in [6, 6.07) is 0. The lowest BCUT2D eigenvalue weighted by Gasteiger charge is -2.30. The van der Waals surface area contributed by atoms with Crippen molar-refractivity contribution in [2.24, 2.45) is 0 Å². The van der Waals surface area contributed by atoms with Crippen LogP contribution in [-0.2, 0) is 16.0 Å². The quantitative estimate of drug-likeness (QED) is 0.883. The van der Waals surface area contributed by atoms with Crippen molar-refractivity contribution in [3.05, 3.63) is 11.1 Å². The molecule has 0 radical (unpaired) electrons. The van der Waals surface area contributed by atoms with Crippen molar-refractivity contribution in [3.63, 3.8) is 0 Å². The van der Waals surface area contributed by atoms with E-state index in [4.69, 9.17) is 9.84 Å². The molecule has 100 valence electrons. The molecule has 5 nitrogen and oxygen atoms in total. The second kappa shape index (κ2) is 6.15. The minimum atomic E-state index is -0.773. The summed E-state index contributed by atoms with van der Waals surface area (Å²) in [5, 5.41) is 11.6. The molecule has 0 aromatic carbocycles. The molecule has 0 spiro atoms. The molecule has 1 N–H and O–H groups in total. The number of anilines is 1. The van der Waals surface area contributed by atoms with Gasteiger partial charge in [-0.1, -0.05) is 0 Å². The summed E-state index contributed by atoms with van der Waals surface area (Å²) in [5.74, 6) is -0.773. The van der Waals surface area contributed by atoms with Gasteiger partial charge in [0.25, 0.3) is 0 Å². The summed E-state index contributed by atoms with van der Waals surface area (Å²) in [4.78, 5) is 17.3. The second-order valence-electron chi connectivity index (χ2n) is 4.44. The summed E-state index contributed by atoms with van der Waals surface area (Å²) in [5.41, 5.74) is 0.881. The van der Waals surface area contributed by atoms with Gasteiger partial charge in [0.15, 0.2) is 5.13 Å². The number of carboxylic acid groups (broad SMARTS) is 1. The zero-order valence-electron chi connectivity index (χ0n) is 10.5. The standard InChI is InChI=1S/C12H18N2O3S/c1-17-10-4-6-14(7-5-10)12-13-9(8-18-12)2-3-11(15)16/h8,10H,2-7H2,1H3,(H,15,16). The van der Waals surface area contributed by atoms with Gasteiger partial charge in [0.1, 0.15) is 0 Å². The molecule has 1 saturated heterocycles. The van der Waals surface area contributed by atoms with Gasteiger partial charge >= 0.3 is 5.97 Å². The molecule has 0 aliphatic carbocycles. The van der Waals surface area contributed by atoms with Crippen molar-refractivity contribution in [1.29, 1.82) is 0 Å². The van der Waals surface area contributed by atoms with Crippen molar-refractivity contribution < 1.29 is 14.6 Å². The third-order valence-electron chi connectivity index (χ3n) is 3.18. The normalized spacial score (nSPS) is 17.1. The third kappa shape index (κ3) is 3.43. The SMILES string of the molecule is COC1CCN(c2nc(CCC(=O)O)cs2)CC1. The van der Waals surface area contributed by atoms with Crippen LogP contribution in [0.15, 0.2) is 5.38 Å². The highest BCUT2D eigenvalue weighted by Crippen LogP contribution is 2.25. The Morgan fingerprint density at radius 3 is 2.94 bits per heavy atom. The lowest BCUT2D eigenvalue weighted by Crippen LogP contribution is -2.36. The summed E-state index contributed by atoms with van der Waals surface area (Å²) in [6.07, 6.45) is 3.09. The Morgan fingerprint density at radius 1 is 1.61 bits per heavy atom. The number of hydrogen-bond donors (Lipinski definition) is 1. The molecular formula is C12H18N2O3S. The van der Waals surface area contributed by atoms with Gasteiger partial charge in [-0.2, -0.15) is 0 Å². The summed E-state index contributed by atoms with van der Waals surface area (Å²) in [6.45, 7) is 1.93. The molecule has 1 aliphatic heterocycles. The Balaban J connectivity index is 1.88. The van der Waals surface area contributed by atoms with E-state index in [9.17, 15) is 4.79 Å². The number of aromatic nitrogens is 1. The Kier molecular flexibility index (Phi) is 4.54. The number of carbonyl (C=O) groups is 1. The molecule has 1 aromatic heterocycles. The van der Waals surface area contributed by atoms with Crippen LogP contribution in [0.3, 0.4) is 0 Å². The molecule has 0 amide bonds. The highest BCUT2D eigenvalue weighted by molar-refractivity contribution is 7.13. The van der Waals surface area contributed by atoms with Gasteiger partial charge in [-0.15, -0.1) is 11.3 Å². The Morgan fingerprint density at radius 2 is 2.33 bits per heavy atom. The second-order valence-corrected chi connectivity index (χ2v) is 5.27. The molecule has 6 heteroatoms. The van der Waals surface area contributed by atoms with E-state index in [-0.39, 0.29) is 6.42 Å². The first-order valence-electron chi connectivity index (χ1n) is 6.13. The maximum absolute atomic E-state index is 10.5. The lowest BCUT2D eigenvalue weighted by atomic mass is 10.1. The minimum Gasteiger partial charge on any atom is -0.481 e. The fourth-order valence-electron chi connectivity index (χ4n) is 2.07. The lowest BCUT2D eigenvalue weighted by molar-refractivity contribution is -0.136. The zero-order chi connectivity index (χ0) is 13.0. The van der Waals surface area contributed by atoms with Crippen LogP contribution in [0.1, 0.15) is 25.0 Å². The molecule has 1 fully saturated rings. The number of nitrogens with zero attached hydrogens (tertiary/aromatic N) is 2. The number of thiazole rings is 1. The van der Waals surface area contributed by atoms with E-state index in [0.717, 1.165) is 36.8 Å². The van der Waals surface area contributed by atoms with Crippen LogP contribution in [0.5, 0.6) is 0 Å². The fourth-order valence-corrected chi connectivity index (χ4v) is 2.99. The average Bonchev–Trinajstić information content (AvgIpc) is 2.85. The summed E-state index contributed by atoms with van der Waals surface area (Å²) < 4.78 is 5.34. The topological polar surface area (TPSA) is 62.7 Å². The van der Waals surface area contributed by atoms with Crippen LogP contribution in [0, 0.1) is 0 Å². The predicted octanol–water partition coefficient (Wildman–Crippen LogP) is 1.78. The molecule has 0 saturated carbocycles. The Bertz CT molecular complexity index is 400. The maximum atomic E-state index is 10.5. The third-order valence-corrected chi connectivity index (χ3v) is 4.13. The van der Waals surface area contributed by atoms with Gasteiger partial charge in [0, 0.05) is 32.0 Å². The number of carboxylic acids is 1. The monoisotopic (exact) mass is 270 g/mol. The summed E-state index contributed by atoms with van der Waals surface area (Å²) in [7, 11) is 1.76. The highest BCUT2D eigenvalue weighted by atomic mass is 32.1. The van der Waals surface area contributed by atoms with Crippen molar-refractivity contribution in [2.45, 2.75) is 31.8 Å². The van der Waals surface area contributed by atoms with E-state index in [0.29, 0.717) is 12.5 Å². The molecule has 0 bridgehead atoms. The number of aryl methyl sites for hydroxylation is 1. The fraction of sp³-hybridized carbons (Fsp3) is 0.667. The van der Waals surface area contributed by atoms with Crippen LogP contribution < -0.4 is 4.90 Å². The number of methoxy groups -OCH3 is 1. The van der Waals surface area contributed by atoms with E-state index < -0.39 is 5.97 Å². The number of aliphatic carboxylic acids is 1. The van der Waals surface area contributed by atoms with Gasteiger partial charge in [-0.05, 0) is 12.8 Å². The van der Waals surface area contributed by atoms with E-state index in [1.165, 1.54) is 0 Å². The van der Waals surface area contributed by atoms with Crippen molar-refractivity contribution in [1.82, 2.24) is 4.98 Å². The summed E-state index contributed by atoms with van der Waals surface area (Å²) >= 11 is 1.60. The van der Waals surface area contributed by atoms with Gasteiger partial charge in [0.05, 0.1) is 18.2 Å². The van der Waals surface area contributed by atoms with Crippen LogP contribution >= 0.6 is 11.3 Å². The van der Waals surface area contributed by atoms with Crippen LogP contribution in [0.25, 0.3) is 0 Å². The van der Waals surface area contributed by atoms with Crippen molar-refractivity contribution in [2.75, 3.05) is 25.1 Å². The molecule has 0 atom stereocenters. The highest BCUT2D eigenvalue weighted by Gasteiger charge is 2.20. The number of rotatable bonds is 5. The molecule has 1 aliphatic rings. The van der Waals surface area contributed by atoms with Crippen LogP contribution in [0.4, 0.5) is 5.13 Å². The first-order valence-corrected chi connectivity index (χ1v) is 7.01. The largest absolute Gasteiger partial charge is 0.481 e. The smallest absolute Gasteiger partial charge is 0.303 e. The van der Waals surface area contributed by atoms with Crippen LogP contribution in [0.2, 0.25) is 0 Å². The first-order chi connectivity index (χ1) is 8.69. The van der Waals surface area contributed by atoms with E-state index in [2.05, 4.69) is 9.88 Å². The Labute approximate surface area is 110 Å². The van der Waals surface area contributed by atoms with Gasteiger partial charge in [-0.3, -0.25) is 4.79 Å². The molecule has 1 aromatic rings. The van der Waals surface area contributed by atoms with Crippen molar-refractivity contribution in [3.8, 4) is 0 Å². The average molecular weight is 270 g/mol. The zero-order valence-corrected chi connectivity index (χ0v) is 11.3. The predicted molar refractivity (Wildman–Crippen MR) is 70.3 cm³/mol. The first kappa shape index (κ1) is 13.3. The van der Waals surface area contributed by atoms with E-state index >= 15 is 0 Å². The molecule has 18 heavy (non-hydrogen) atoms. The minimum absolute atomic E-state index is 0.148. The van der Waals surface area contributed by atoms with Gasteiger partial charge in [0.2, 0.25) is 0 Å². The van der Waals surface area contributed by atoms with E-state index in [1.54, 1.807) is 18.4 Å². The van der Waals surface area contributed by atoms with Gasteiger partial charge < -0.3 is 14.7 Å². The van der Waals surface area contributed by atoms with E-state index in [1.807, 2.05) is 5.38 Å². The molecular weight excluding hydrogens is 252 g/mol. The number of piperidine rings is 1. The van der Waals surface area contributed by atoms with Crippen LogP contribution in [-0.4, -0.2) is 42.4 Å².